The van der Waals surface area contributed by atoms with Crippen molar-refractivity contribution in [2.45, 2.75) is 62.2 Å². The highest BCUT2D eigenvalue weighted by Crippen LogP contribution is 2.42. The summed E-state index contributed by atoms with van der Waals surface area (Å²) in [6.07, 6.45) is 1.55. The summed E-state index contributed by atoms with van der Waals surface area (Å²) >= 11 is 20.2. The van der Waals surface area contributed by atoms with E-state index in [4.69, 9.17) is 44.6 Å². The first-order chi connectivity index (χ1) is 16.7. The molecule has 35 heavy (non-hydrogen) atoms. The zero-order valence-electron chi connectivity index (χ0n) is 19.2. The van der Waals surface area contributed by atoms with E-state index in [-0.39, 0.29) is 17.2 Å². The molecule has 1 aliphatic rings. The van der Waals surface area contributed by atoms with Crippen molar-refractivity contribution in [2.24, 2.45) is 11.8 Å². The Labute approximate surface area is 224 Å². The summed E-state index contributed by atoms with van der Waals surface area (Å²) in [4.78, 5) is 13.6. The molecule has 1 aromatic carbocycles. The molecule has 10 heteroatoms. The predicted octanol–water partition coefficient (Wildman–Crippen LogP) is 4.49. The molecule has 0 unspecified atom stereocenters. The Bertz CT molecular complexity index is 950. The summed E-state index contributed by atoms with van der Waals surface area (Å²) in [7, 11) is 0. The van der Waals surface area contributed by atoms with Crippen LogP contribution in [0.15, 0.2) is 30.3 Å². The van der Waals surface area contributed by atoms with Gasteiger partial charge in [0.25, 0.3) is 0 Å². The van der Waals surface area contributed by atoms with Gasteiger partial charge >= 0.3 is 5.97 Å². The van der Waals surface area contributed by atoms with Gasteiger partial charge in [0.1, 0.15) is 23.7 Å². The maximum Gasteiger partial charge on any atom is 0.348 e. The highest BCUT2D eigenvalue weighted by Gasteiger charge is 2.40. The van der Waals surface area contributed by atoms with Crippen LogP contribution in [-0.4, -0.2) is 63.3 Å². The second-order valence-electron chi connectivity index (χ2n) is 9.04. The van der Waals surface area contributed by atoms with Gasteiger partial charge in [0.15, 0.2) is 0 Å². The smallest absolute Gasteiger partial charge is 0.348 e. The summed E-state index contributed by atoms with van der Waals surface area (Å²) < 4.78 is 5.02. The molecule has 2 aromatic rings. The molecular weight excluding hydrogens is 535 g/mol. The number of aliphatic hydroxyl groups is 4. The Balaban J connectivity index is 1.48. The molecule has 6 nitrogen and oxygen atoms in total. The van der Waals surface area contributed by atoms with Crippen LogP contribution >= 0.6 is 46.1 Å². The van der Waals surface area contributed by atoms with Crippen molar-refractivity contribution in [2.75, 3.05) is 13.2 Å². The van der Waals surface area contributed by atoms with Crippen molar-refractivity contribution >= 4 is 52.1 Å². The first-order valence-electron chi connectivity index (χ1n) is 11.7. The minimum Gasteiger partial charge on any atom is -0.459 e. The van der Waals surface area contributed by atoms with Gasteiger partial charge in [-0.15, -0.1) is 22.9 Å². The van der Waals surface area contributed by atoms with Crippen LogP contribution < -0.4 is 0 Å². The Hall–Kier alpha value is -0.900. The third-order valence-corrected chi connectivity index (χ3v) is 8.57. The molecule has 1 fully saturated rings. The number of esters is 1. The van der Waals surface area contributed by atoms with Crippen molar-refractivity contribution in [1.29, 1.82) is 0 Å². The molecule has 0 aliphatic heterocycles. The quantitative estimate of drug-likeness (QED) is 0.223. The fourth-order valence-corrected chi connectivity index (χ4v) is 6.63. The van der Waals surface area contributed by atoms with Gasteiger partial charge in [0, 0.05) is 20.3 Å². The van der Waals surface area contributed by atoms with Crippen molar-refractivity contribution in [1.82, 2.24) is 0 Å². The van der Waals surface area contributed by atoms with E-state index in [0.29, 0.717) is 21.3 Å². The van der Waals surface area contributed by atoms with Gasteiger partial charge in [-0.2, -0.15) is 0 Å². The molecule has 4 N–H and O–H groups in total. The Morgan fingerprint density at radius 3 is 2.46 bits per heavy atom. The number of thiophene rings is 1. The average Bonchev–Trinajstić information content (AvgIpc) is 3.38. The van der Waals surface area contributed by atoms with Crippen molar-refractivity contribution in [3.8, 4) is 0 Å². The normalized spacial score (nSPS) is 23.9. The van der Waals surface area contributed by atoms with E-state index in [1.807, 2.05) is 18.2 Å². The standard InChI is InChI=1S/C25H31Cl3O6S/c26-15-8-14(9-16(27)10-15)4-6-19-18(20(28)11-21(19)30)3-1-2-17-5-7-24(35-17)25(33)34-13-23(32)22(31)12-29/h5,7-10,18-23,29-32H,1-4,6,11-13H2/t18-,19-,20-,21-,22-,23+/m1/s1. The van der Waals surface area contributed by atoms with Gasteiger partial charge < -0.3 is 25.2 Å². The van der Waals surface area contributed by atoms with Gasteiger partial charge in [-0.3, -0.25) is 0 Å². The molecule has 0 spiro atoms. The number of hydrogen-bond donors (Lipinski definition) is 4. The number of aliphatic hydroxyl groups excluding tert-OH is 4. The van der Waals surface area contributed by atoms with Crippen LogP contribution in [0.5, 0.6) is 0 Å². The summed E-state index contributed by atoms with van der Waals surface area (Å²) in [6, 6.07) is 9.06. The summed E-state index contributed by atoms with van der Waals surface area (Å²) in [5, 5.41) is 39.5. The van der Waals surface area contributed by atoms with E-state index in [1.54, 1.807) is 12.1 Å². The van der Waals surface area contributed by atoms with E-state index < -0.39 is 37.5 Å². The second kappa shape index (κ2) is 13.6. The van der Waals surface area contributed by atoms with E-state index in [0.717, 1.165) is 42.5 Å². The molecule has 0 radical (unpaired) electrons. The van der Waals surface area contributed by atoms with Crippen LogP contribution in [0.1, 0.15) is 45.8 Å². The lowest BCUT2D eigenvalue weighted by Gasteiger charge is -2.23. The maximum atomic E-state index is 12.2. The predicted molar refractivity (Wildman–Crippen MR) is 139 cm³/mol. The lowest BCUT2D eigenvalue weighted by molar-refractivity contribution is -0.0466. The molecule has 1 heterocycles. The lowest BCUT2D eigenvalue weighted by atomic mass is 9.85. The van der Waals surface area contributed by atoms with Gasteiger partial charge in [0.2, 0.25) is 0 Å². The number of rotatable bonds is 12. The second-order valence-corrected chi connectivity index (χ2v) is 11.6. The minimum atomic E-state index is -1.35. The zero-order chi connectivity index (χ0) is 25.5. The van der Waals surface area contributed by atoms with Crippen molar-refractivity contribution in [3.05, 3.63) is 55.7 Å². The summed E-state index contributed by atoms with van der Waals surface area (Å²) in [6.45, 7) is -1.00. The molecule has 1 aliphatic carbocycles. The molecule has 6 atom stereocenters. The third-order valence-electron chi connectivity index (χ3n) is 6.50. The van der Waals surface area contributed by atoms with Gasteiger partial charge in [-0.1, -0.05) is 23.2 Å². The molecule has 1 saturated carbocycles. The fraction of sp³-hybridized carbons (Fsp3) is 0.560. The number of halogens is 3. The Kier molecular flexibility index (Phi) is 11.1. The van der Waals surface area contributed by atoms with E-state index in [2.05, 4.69) is 0 Å². The zero-order valence-corrected chi connectivity index (χ0v) is 22.2. The molecule has 194 valence electrons. The Morgan fingerprint density at radius 1 is 1.06 bits per heavy atom. The molecule has 0 bridgehead atoms. The average molecular weight is 566 g/mol. The number of aryl methyl sites for hydroxylation is 2. The Morgan fingerprint density at radius 2 is 1.77 bits per heavy atom. The topological polar surface area (TPSA) is 107 Å². The van der Waals surface area contributed by atoms with Gasteiger partial charge in [-0.25, -0.2) is 4.79 Å². The van der Waals surface area contributed by atoms with Crippen LogP contribution in [0.25, 0.3) is 0 Å². The molecule has 3 rings (SSSR count). The van der Waals surface area contributed by atoms with Crippen molar-refractivity contribution < 1.29 is 30.0 Å². The monoisotopic (exact) mass is 564 g/mol. The van der Waals surface area contributed by atoms with Crippen LogP contribution in [0.2, 0.25) is 10.0 Å². The van der Waals surface area contributed by atoms with Gasteiger partial charge in [-0.05, 0) is 86.3 Å². The molecule has 0 saturated heterocycles. The van der Waals surface area contributed by atoms with Gasteiger partial charge in [0.05, 0.1) is 12.7 Å². The van der Waals surface area contributed by atoms with E-state index in [9.17, 15) is 20.1 Å². The molecular formula is C25H31Cl3O6S. The van der Waals surface area contributed by atoms with E-state index in [1.165, 1.54) is 11.3 Å². The van der Waals surface area contributed by atoms with Crippen LogP contribution in [0.3, 0.4) is 0 Å². The maximum absolute atomic E-state index is 12.2. The molecule has 0 amide bonds. The first kappa shape index (κ1) is 28.7. The number of benzene rings is 1. The SMILES string of the molecule is O=C(OC[C@H](O)[C@H](O)CO)c1ccc(CCC[C@@H]2[C@@H](CCc3cc(Cl)cc(Cl)c3)[C@H](O)C[C@H]2Cl)s1. The lowest BCUT2D eigenvalue weighted by Crippen LogP contribution is -2.34. The molecule has 1 aromatic heterocycles. The minimum absolute atomic E-state index is 0.0764. The highest BCUT2D eigenvalue weighted by molar-refractivity contribution is 7.13. The largest absolute Gasteiger partial charge is 0.459 e. The number of carbonyl (C=O) groups is 1. The first-order valence-corrected chi connectivity index (χ1v) is 13.7. The highest BCUT2D eigenvalue weighted by atomic mass is 35.5. The van der Waals surface area contributed by atoms with Crippen molar-refractivity contribution in [3.63, 3.8) is 0 Å². The van der Waals surface area contributed by atoms with Crippen LogP contribution in [-0.2, 0) is 17.6 Å². The summed E-state index contributed by atoms with van der Waals surface area (Å²) in [5.41, 5.74) is 1.04. The summed E-state index contributed by atoms with van der Waals surface area (Å²) in [5.74, 6) is -0.277. The number of hydrogen-bond acceptors (Lipinski definition) is 7. The number of carbonyl (C=O) groups excluding carboxylic acids is 1. The van der Waals surface area contributed by atoms with E-state index >= 15 is 0 Å². The fourth-order valence-electron chi connectivity index (χ4n) is 4.62. The van der Waals surface area contributed by atoms with Crippen LogP contribution in [0, 0.1) is 11.8 Å². The van der Waals surface area contributed by atoms with Crippen LogP contribution in [0.4, 0.5) is 0 Å². The number of ether oxygens (including phenoxy) is 1. The third kappa shape index (κ3) is 8.30. The number of alkyl halides is 1.